The van der Waals surface area contributed by atoms with Crippen LogP contribution in [0.4, 0.5) is 0 Å². The van der Waals surface area contributed by atoms with E-state index < -0.39 is 12.0 Å². The van der Waals surface area contributed by atoms with Crippen LogP contribution in [0.5, 0.6) is 0 Å². The third-order valence-corrected chi connectivity index (χ3v) is 6.07. The number of hydrogen-bond donors (Lipinski definition) is 2. The highest BCUT2D eigenvalue weighted by Crippen LogP contribution is 2.21. The Morgan fingerprint density at radius 3 is 2.23 bits per heavy atom. The molecule has 31 heavy (non-hydrogen) atoms. The number of nitrogens with zero attached hydrogens (tertiary/aromatic N) is 2. The van der Waals surface area contributed by atoms with Crippen LogP contribution in [-0.4, -0.2) is 70.4 Å². The van der Waals surface area contributed by atoms with Crippen molar-refractivity contribution in [1.82, 2.24) is 15.1 Å². The minimum absolute atomic E-state index is 0.0356. The summed E-state index contributed by atoms with van der Waals surface area (Å²) in [5, 5.41) is 12.3. The Bertz CT molecular complexity index is 657. The molecule has 0 saturated carbocycles. The average Bonchev–Trinajstić information content (AvgIpc) is 2.69. The first-order valence-corrected chi connectivity index (χ1v) is 11.6. The Balaban J connectivity index is 3.08. The fourth-order valence-corrected chi connectivity index (χ4v) is 4.29. The second-order valence-corrected chi connectivity index (χ2v) is 9.87. The van der Waals surface area contributed by atoms with Gasteiger partial charge in [-0.25, -0.2) is 4.79 Å². The molecule has 0 radical (unpaired) electrons. The standard InChI is InChI=1S/C24H43N3O4/c1-15(2)13-19(25-22(28)20-11-9-10-12-27(20)17(5)6)23(29)26(8)21(16(3)4)14-18(7)24(30)31/h14-17,19-21H,9-13H2,1-8H3,(H,25,28)(H,30,31)/t19-,20+,21+/m0/s1. The van der Waals surface area contributed by atoms with Crippen LogP contribution < -0.4 is 5.32 Å². The van der Waals surface area contributed by atoms with Crippen molar-refractivity contribution < 1.29 is 19.5 Å². The van der Waals surface area contributed by atoms with Crippen molar-refractivity contribution >= 4 is 17.8 Å². The van der Waals surface area contributed by atoms with E-state index in [9.17, 15) is 19.5 Å². The smallest absolute Gasteiger partial charge is 0.331 e. The fourth-order valence-electron chi connectivity index (χ4n) is 4.29. The summed E-state index contributed by atoms with van der Waals surface area (Å²) in [4.78, 5) is 41.7. The molecule has 7 nitrogen and oxygen atoms in total. The number of carboxylic acid groups (broad SMARTS) is 1. The zero-order valence-electron chi connectivity index (χ0n) is 20.6. The van der Waals surface area contributed by atoms with Crippen LogP contribution in [0.3, 0.4) is 0 Å². The number of amides is 2. The van der Waals surface area contributed by atoms with Crippen LogP contribution in [0.25, 0.3) is 0 Å². The maximum absolute atomic E-state index is 13.4. The number of aliphatic carboxylic acids is 1. The fraction of sp³-hybridized carbons (Fsp3) is 0.792. The van der Waals surface area contributed by atoms with Crippen LogP contribution in [0.15, 0.2) is 11.6 Å². The average molecular weight is 438 g/mol. The van der Waals surface area contributed by atoms with Crippen LogP contribution in [0.1, 0.15) is 74.1 Å². The summed E-state index contributed by atoms with van der Waals surface area (Å²) in [6, 6.07) is -0.936. The van der Waals surface area contributed by atoms with Gasteiger partial charge < -0.3 is 15.3 Å². The van der Waals surface area contributed by atoms with Crippen molar-refractivity contribution in [2.45, 2.75) is 98.3 Å². The van der Waals surface area contributed by atoms with Crippen LogP contribution in [0.2, 0.25) is 0 Å². The molecule has 1 fully saturated rings. The summed E-state index contributed by atoms with van der Waals surface area (Å²) in [5.74, 6) is -0.997. The Hall–Kier alpha value is -1.89. The Labute approximate surface area is 188 Å². The summed E-state index contributed by atoms with van der Waals surface area (Å²) in [6.07, 6.45) is 5.07. The van der Waals surface area contributed by atoms with Gasteiger partial charge in [-0.05, 0) is 58.4 Å². The summed E-state index contributed by atoms with van der Waals surface area (Å²) in [5.41, 5.74) is 0.206. The molecule has 1 heterocycles. The zero-order chi connectivity index (χ0) is 23.9. The third kappa shape index (κ3) is 7.95. The topological polar surface area (TPSA) is 90.0 Å². The first kappa shape index (κ1) is 27.1. The maximum Gasteiger partial charge on any atom is 0.331 e. The molecule has 0 aromatic heterocycles. The van der Waals surface area contributed by atoms with Crippen molar-refractivity contribution in [3.63, 3.8) is 0 Å². The van der Waals surface area contributed by atoms with Gasteiger partial charge in [-0.2, -0.15) is 0 Å². The van der Waals surface area contributed by atoms with Crippen molar-refractivity contribution in [2.75, 3.05) is 13.6 Å². The quantitative estimate of drug-likeness (QED) is 0.512. The summed E-state index contributed by atoms with van der Waals surface area (Å²) >= 11 is 0. The van der Waals surface area contributed by atoms with E-state index in [2.05, 4.69) is 24.1 Å². The number of carboxylic acids is 1. The van der Waals surface area contributed by atoms with Gasteiger partial charge in [0, 0.05) is 18.7 Å². The molecule has 178 valence electrons. The molecular weight excluding hydrogens is 394 g/mol. The summed E-state index contributed by atoms with van der Waals surface area (Å²) in [6.45, 7) is 14.6. The molecule has 0 aromatic rings. The van der Waals surface area contributed by atoms with E-state index in [4.69, 9.17) is 0 Å². The molecule has 1 aliphatic rings. The molecule has 0 unspecified atom stereocenters. The predicted molar refractivity (Wildman–Crippen MR) is 124 cm³/mol. The van der Waals surface area contributed by atoms with Crippen LogP contribution in [-0.2, 0) is 14.4 Å². The highest BCUT2D eigenvalue weighted by Gasteiger charge is 2.35. The van der Waals surface area contributed by atoms with Crippen LogP contribution >= 0.6 is 0 Å². The molecule has 0 bridgehead atoms. The van der Waals surface area contributed by atoms with Gasteiger partial charge >= 0.3 is 5.97 Å². The number of carbonyl (C=O) groups excluding carboxylic acids is 2. The minimum atomic E-state index is -0.996. The van der Waals surface area contributed by atoms with Crippen molar-refractivity contribution in [3.8, 4) is 0 Å². The van der Waals surface area contributed by atoms with Gasteiger partial charge in [-0.3, -0.25) is 14.5 Å². The molecule has 0 aromatic carbocycles. The second kappa shape index (κ2) is 12.2. The number of carbonyl (C=O) groups is 3. The molecule has 1 aliphatic heterocycles. The van der Waals surface area contributed by atoms with E-state index in [1.165, 1.54) is 6.92 Å². The normalized spacial score (nSPS) is 20.1. The van der Waals surface area contributed by atoms with Gasteiger partial charge in [0.05, 0.1) is 12.1 Å². The van der Waals surface area contributed by atoms with E-state index in [0.29, 0.717) is 6.42 Å². The number of likely N-dealkylation sites (N-methyl/N-ethyl adjacent to an activating group) is 1. The number of nitrogens with one attached hydrogen (secondary N) is 1. The van der Waals surface area contributed by atoms with Gasteiger partial charge in [0.25, 0.3) is 0 Å². The molecule has 1 saturated heterocycles. The van der Waals surface area contributed by atoms with E-state index in [1.807, 2.05) is 27.7 Å². The van der Waals surface area contributed by atoms with Gasteiger partial charge in [-0.15, -0.1) is 0 Å². The van der Waals surface area contributed by atoms with Crippen molar-refractivity contribution in [1.29, 1.82) is 0 Å². The van der Waals surface area contributed by atoms with E-state index in [0.717, 1.165) is 25.8 Å². The zero-order valence-corrected chi connectivity index (χ0v) is 20.6. The Morgan fingerprint density at radius 1 is 1.13 bits per heavy atom. The first-order chi connectivity index (χ1) is 14.4. The number of likely N-dealkylation sites (tertiary alicyclic amines) is 1. The lowest BCUT2D eigenvalue weighted by Crippen LogP contribution is -2.57. The van der Waals surface area contributed by atoms with Gasteiger partial charge in [0.15, 0.2) is 0 Å². The van der Waals surface area contributed by atoms with Crippen LogP contribution in [0, 0.1) is 11.8 Å². The molecule has 1 rings (SSSR count). The highest BCUT2D eigenvalue weighted by atomic mass is 16.4. The third-order valence-electron chi connectivity index (χ3n) is 6.07. The Kier molecular flexibility index (Phi) is 10.7. The van der Waals surface area contributed by atoms with Crippen molar-refractivity contribution in [3.05, 3.63) is 11.6 Å². The monoisotopic (exact) mass is 437 g/mol. The lowest BCUT2D eigenvalue weighted by atomic mass is 9.96. The molecule has 2 amide bonds. The predicted octanol–water partition coefficient (Wildman–Crippen LogP) is 3.29. The molecule has 2 N–H and O–H groups in total. The van der Waals surface area contributed by atoms with Gasteiger partial charge in [-0.1, -0.05) is 40.2 Å². The molecular formula is C24H43N3O4. The molecule has 0 aliphatic carbocycles. The minimum Gasteiger partial charge on any atom is -0.478 e. The number of piperidine rings is 1. The maximum atomic E-state index is 13.4. The second-order valence-electron chi connectivity index (χ2n) is 9.87. The summed E-state index contributed by atoms with van der Waals surface area (Å²) < 4.78 is 0. The number of rotatable bonds is 10. The van der Waals surface area contributed by atoms with E-state index in [1.54, 1.807) is 18.0 Å². The van der Waals surface area contributed by atoms with Gasteiger partial charge in [0.1, 0.15) is 6.04 Å². The Morgan fingerprint density at radius 2 is 1.74 bits per heavy atom. The lowest BCUT2D eigenvalue weighted by Gasteiger charge is -2.39. The molecule has 7 heteroatoms. The number of hydrogen-bond acceptors (Lipinski definition) is 4. The van der Waals surface area contributed by atoms with E-state index >= 15 is 0 Å². The molecule has 3 atom stereocenters. The molecule has 0 spiro atoms. The highest BCUT2D eigenvalue weighted by molar-refractivity contribution is 5.90. The first-order valence-electron chi connectivity index (χ1n) is 11.6. The van der Waals surface area contributed by atoms with Crippen molar-refractivity contribution in [2.24, 2.45) is 11.8 Å². The lowest BCUT2D eigenvalue weighted by molar-refractivity contribution is -0.139. The largest absolute Gasteiger partial charge is 0.478 e. The van der Waals surface area contributed by atoms with Gasteiger partial charge in [0.2, 0.25) is 11.8 Å². The SMILES string of the molecule is CC(=C[C@H](C(C)C)N(C)C(=O)[C@H](CC(C)C)NC(=O)[C@H]1CCCCN1C(C)C)C(=O)O. The van der Waals surface area contributed by atoms with E-state index in [-0.39, 0.29) is 47.3 Å². The summed E-state index contributed by atoms with van der Waals surface area (Å²) in [7, 11) is 1.69.